The van der Waals surface area contributed by atoms with Crippen molar-refractivity contribution in [3.8, 4) is 5.88 Å². The Kier molecular flexibility index (Phi) is 4.14. The minimum absolute atomic E-state index is 0. The van der Waals surface area contributed by atoms with E-state index in [1.807, 2.05) is 0 Å². The molecule has 0 amide bonds. The Morgan fingerprint density at radius 2 is 2.22 bits per heavy atom. The average molecular weight is 282 g/mol. The fourth-order valence-corrected chi connectivity index (χ4v) is 0.632. The summed E-state index contributed by atoms with van der Waals surface area (Å²) >= 11 is 3.08. The minimum Gasteiger partial charge on any atom is -0.492 e. The Morgan fingerprint density at radius 3 is 2.56 bits per heavy atom. The third-order valence-corrected chi connectivity index (χ3v) is 1.36. The second kappa shape index (κ2) is 4.06. The van der Waals surface area contributed by atoms with Crippen LogP contribution in [-0.4, -0.2) is 10.1 Å². The fourth-order valence-electron chi connectivity index (χ4n) is 0.377. The van der Waals surface area contributed by atoms with Crippen molar-refractivity contribution in [3.05, 3.63) is 22.8 Å². The van der Waals surface area contributed by atoms with Crippen molar-refractivity contribution in [2.75, 3.05) is 0 Å². The van der Waals surface area contributed by atoms with Gasteiger partial charge in [-0.1, -0.05) is 0 Å². The molecule has 2 nitrogen and oxygen atoms in total. The third-order valence-electron chi connectivity index (χ3n) is 0.739. The molecular weight excluding hydrogens is 278 g/mol. The van der Waals surface area contributed by atoms with Crippen molar-refractivity contribution in [2.24, 2.45) is 0 Å². The van der Waals surface area contributed by atoms with Gasteiger partial charge in [0.25, 0.3) is 0 Å². The standard InChI is InChI=1S/C5H4BrNO.Ag/c6-4-2-1-3-7-5(4)8;/h1-3H,(H,7,8);. The molecule has 0 aliphatic heterocycles. The first-order valence-corrected chi connectivity index (χ1v) is 2.89. The maximum Gasteiger partial charge on any atom is 0.225 e. The maximum atomic E-state index is 8.76. The molecule has 0 saturated heterocycles. The van der Waals surface area contributed by atoms with Crippen molar-refractivity contribution in [1.82, 2.24) is 4.98 Å². The summed E-state index contributed by atoms with van der Waals surface area (Å²) in [7, 11) is 0. The number of aromatic hydroxyl groups is 1. The fraction of sp³-hybridized carbons (Fsp3) is 0. The molecule has 0 spiro atoms. The van der Waals surface area contributed by atoms with Gasteiger partial charge in [0.2, 0.25) is 5.88 Å². The molecule has 0 aliphatic rings. The molecule has 9 heavy (non-hydrogen) atoms. The number of hydrogen-bond acceptors (Lipinski definition) is 2. The van der Waals surface area contributed by atoms with Gasteiger partial charge in [-0.25, -0.2) is 4.98 Å². The maximum absolute atomic E-state index is 8.76. The zero-order chi connectivity index (χ0) is 5.98. The van der Waals surface area contributed by atoms with E-state index in [1.54, 1.807) is 12.1 Å². The molecule has 4 heteroatoms. The van der Waals surface area contributed by atoms with E-state index in [-0.39, 0.29) is 28.3 Å². The predicted molar refractivity (Wildman–Crippen MR) is 33.6 cm³/mol. The number of rotatable bonds is 0. The molecule has 0 atom stereocenters. The molecule has 53 valence electrons. The molecular formula is C5H4AgBrNO. The molecule has 0 aromatic carbocycles. The number of nitrogens with zero attached hydrogens (tertiary/aromatic N) is 1. The summed E-state index contributed by atoms with van der Waals surface area (Å²) in [5.74, 6) is 0.0347. The molecule has 0 unspecified atom stereocenters. The molecule has 1 radical (unpaired) electrons. The molecule has 1 aromatic rings. The topological polar surface area (TPSA) is 33.1 Å². The molecule has 1 aromatic heterocycles. The molecule has 0 saturated carbocycles. The van der Waals surface area contributed by atoms with Crippen LogP contribution in [0.4, 0.5) is 0 Å². The molecule has 0 bridgehead atoms. The summed E-state index contributed by atoms with van der Waals surface area (Å²) in [6.45, 7) is 0. The van der Waals surface area contributed by atoms with Gasteiger partial charge in [-0.15, -0.1) is 0 Å². The molecule has 0 fully saturated rings. The average Bonchev–Trinajstić information content (AvgIpc) is 1.77. The number of hydrogen-bond donors (Lipinski definition) is 1. The second-order valence-electron chi connectivity index (χ2n) is 1.31. The number of pyridine rings is 1. The Labute approximate surface area is 76.9 Å². The van der Waals surface area contributed by atoms with Gasteiger partial charge in [0.1, 0.15) is 0 Å². The zero-order valence-corrected chi connectivity index (χ0v) is 7.37. The van der Waals surface area contributed by atoms with Crippen molar-refractivity contribution < 1.29 is 27.5 Å². The smallest absolute Gasteiger partial charge is 0.225 e. The summed E-state index contributed by atoms with van der Waals surface area (Å²) in [6.07, 6.45) is 1.53. The number of aromatic nitrogens is 1. The molecule has 0 aliphatic carbocycles. The van der Waals surface area contributed by atoms with E-state index in [4.69, 9.17) is 5.11 Å². The molecule has 1 N–H and O–H groups in total. The van der Waals surface area contributed by atoms with E-state index < -0.39 is 0 Å². The first-order chi connectivity index (χ1) is 3.80. The van der Waals surface area contributed by atoms with Crippen molar-refractivity contribution >= 4 is 15.9 Å². The summed E-state index contributed by atoms with van der Waals surface area (Å²) < 4.78 is 0.625. The largest absolute Gasteiger partial charge is 0.492 e. The van der Waals surface area contributed by atoms with E-state index >= 15 is 0 Å². The third kappa shape index (κ3) is 2.49. The van der Waals surface area contributed by atoms with E-state index in [2.05, 4.69) is 20.9 Å². The van der Waals surface area contributed by atoms with E-state index in [1.165, 1.54) is 6.20 Å². The van der Waals surface area contributed by atoms with Gasteiger partial charge < -0.3 is 5.11 Å². The van der Waals surface area contributed by atoms with Crippen molar-refractivity contribution in [2.45, 2.75) is 0 Å². The van der Waals surface area contributed by atoms with Gasteiger partial charge in [0.05, 0.1) is 4.47 Å². The van der Waals surface area contributed by atoms with Crippen LogP contribution in [0.1, 0.15) is 0 Å². The number of halogens is 1. The van der Waals surface area contributed by atoms with Gasteiger partial charge in [-0.05, 0) is 28.1 Å². The Hall–Kier alpha value is 0.170. The van der Waals surface area contributed by atoms with Gasteiger partial charge >= 0.3 is 0 Å². The summed E-state index contributed by atoms with van der Waals surface area (Å²) in [5.41, 5.74) is 0. The Bertz CT molecular complexity index is 173. The van der Waals surface area contributed by atoms with E-state index in [9.17, 15) is 0 Å². The van der Waals surface area contributed by atoms with E-state index in [0.29, 0.717) is 4.47 Å². The van der Waals surface area contributed by atoms with Crippen LogP contribution in [0.15, 0.2) is 22.8 Å². The quantitative estimate of drug-likeness (QED) is 0.732. The van der Waals surface area contributed by atoms with Crippen LogP contribution >= 0.6 is 15.9 Å². The summed E-state index contributed by atoms with van der Waals surface area (Å²) in [5, 5.41) is 8.76. The second-order valence-corrected chi connectivity index (χ2v) is 2.16. The normalized spacial score (nSPS) is 8.11. The Balaban J connectivity index is 0.000000640. The van der Waals surface area contributed by atoms with Gasteiger partial charge in [-0.2, -0.15) is 0 Å². The first kappa shape index (κ1) is 9.17. The van der Waals surface area contributed by atoms with Crippen molar-refractivity contribution in [1.29, 1.82) is 0 Å². The van der Waals surface area contributed by atoms with Crippen LogP contribution in [0, 0.1) is 0 Å². The monoisotopic (exact) mass is 280 g/mol. The van der Waals surface area contributed by atoms with E-state index in [0.717, 1.165) is 0 Å². The predicted octanol–water partition coefficient (Wildman–Crippen LogP) is 1.55. The van der Waals surface area contributed by atoms with Crippen LogP contribution in [0.25, 0.3) is 0 Å². The van der Waals surface area contributed by atoms with Crippen LogP contribution in [0.2, 0.25) is 0 Å². The molecule has 1 rings (SSSR count). The Morgan fingerprint density at radius 1 is 1.56 bits per heavy atom. The summed E-state index contributed by atoms with van der Waals surface area (Å²) in [6, 6.07) is 3.46. The van der Waals surface area contributed by atoms with Crippen LogP contribution < -0.4 is 0 Å². The van der Waals surface area contributed by atoms with Gasteiger partial charge in [0.15, 0.2) is 0 Å². The van der Waals surface area contributed by atoms with Crippen LogP contribution in [-0.2, 0) is 22.4 Å². The van der Waals surface area contributed by atoms with Gasteiger partial charge in [0, 0.05) is 28.6 Å². The van der Waals surface area contributed by atoms with Crippen LogP contribution in [0.3, 0.4) is 0 Å². The zero-order valence-electron chi connectivity index (χ0n) is 4.31. The molecule has 1 heterocycles. The van der Waals surface area contributed by atoms with Crippen LogP contribution in [0.5, 0.6) is 5.88 Å². The van der Waals surface area contributed by atoms with Gasteiger partial charge in [-0.3, -0.25) is 0 Å². The minimum atomic E-state index is 0. The first-order valence-electron chi connectivity index (χ1n) is 2.10. The SMILES string of the molecule is Oc1ncccc1Br.[Ag]. The summed E-state index contributed by atoms with van der Waals surface area (Å²) in [4.78, 5) is 3.59. The van der Waals surface area contributed by atoms with Crippen molar-refractivity contribution in [3.63, 3.8) is 0 Å².